The average Bonchev–Trinajstić information content (AvgIpc) is 2.08. The largest absolute Gasteiger partial charge is 0.494 e. The van der Waals surface area contributed by atoms with Gasteiger partial charge < -0.3 is 9.84 Å². The molecule has 13 heavy (non-hydrogen) atoms. The number of carboxylic acid groups (broad SMARTS) is 1. The molecule has 0 fully saturated rings. The standard InChI is InChI=1S/C8H8FNO3/c1-13-6-2-3-10-5(8(6)9)4-7(11)12/h2-3H,4H2,1H3,(H,11,12). The quantitative estimate of drug-likeness (QED) is 0.758. The monoisotopic (exact) mass is 185 g/mol. The van der Waals surface area contributed by atoms with Gasteiger partial charge in [0.2, 0.25) is 0 Å². The summed E-state index contributed by atoms with van der Waals surface area (Å²) in [5.41, 5.74) is -0.119. The molecule has 0 aromatic carbocycles. The van der Waals surface area contributed by atoms with Crippen molar-refractivity contribution in [2.75, 3.05) is 7.11 Å². The highest BCUT2D eigenvalue weighted by Gasteiger charge is 2.12. The predicted molar refractivity (Wildman–Crippen MR) is 42.1 cm³/mol. The SMILES string of the molecule is COc1ccnc(CC(=O)O)c1F. The molecule has 0 amide bonds. The van der Waals surface area contributed by atoms with Gasteiger partial charge in [0.15, 0.2) is 11.6 Å². The molecule has 0 bridgehead atoms. The van der Waals surface area contributed by atoms with Crippen LogP contribution in [-0.4, -0.2) is 23.2 Å². The number of halogens is 1. The summed E-state index contributed by atoms with van der Waals surface area (Å²) in [5.74, 6) is -1.83. The van der Waals surface area contributed by atoms with Crippen molar-refractivity contribution < 1.29 is 19.0 Å². The zero-order chi connectivity index (χ0) is 9.84. The Balaban J connectivity index is 3.01. The summed E-state index contributed by atoms with van der Waals surface area (Å²) in [6.45, 7) is 0. The minimum atomic E-state index is -1.13. The molecule has 1 N–H and O–H groups in total. The van der Waals surface area contributed by atoms with Gasteiger partial charge in [0.05, 0.1) is 19.2 Å². The summed E-state index contributed by atoms with van der Waals surface area (Å²) in [6.07, 6.45) is 0.864. The topological polar surface area (TPSA) is 59.4 Å². The lowest BCUT2D eigenvalue weighted by Crippen LogP contribution is -2.05. The molecule has 0 unspecified atom stereocenters. The van der Waals surface area contributed by atoms with E-state index in [1.165, 1.54) is 19.4 Å². The first kappa shape index (κ1) is 9.44. The number of hydrogen-bond acceptors (Lipinski definition) is 3. The summed E-state index contributed by atoms with van der Waals surface area (Å²) < 4.78 is 17.8. The van der Waals surface area contributed by atoms with Gasteiger partial charge >= 0.3 is 5.97 Å². The Labute approximate surface area is 74.0 Å². The number of pyridine rings is 1. The Morgan fingerprint density at radius 2 is 2.46 bits per heavy atom. The van der Waals surface area contributed by atoms with Gasteiger partial charge in [-0.1, -0.05) is 0 Å². The zero-order valence-electron chi connectivity index (χ0n) is 6.95. The molecular weight excluding hydrogens is 177 g/mol. The number of carbonyl (C=O) groups is 1. The summed E-state index contributed by atoms with van der Waals surface area (Å²) >= 11 is 0. The lowest BCUT2D eigenvalue weighted by atomic mass is 10.2. The van der Waals surface area contributed by atoms with Crippen LogP contribution in [0.3, 0.4) is 0 Å². The van der Waals surface area contributed by atoms with Crippen LogP contribution in [0.25, 0.3) is 0 Å². The first-order chi connectivity index (χ1) is 6.15. The van der Waals surface area contributed by atoms with E-state index in [9.17, 15) is 9.18 Å². The van der Waals surface area contributed by atoms with E-state index >= 15 is 0 Å². The molecule has 0 aliphatic rings. The van der Waals surface area contributed by atoms with E-state index in [1.54, 1.807) is 0 Å². The number of carboxylic acids is 1. The van der Waals surface area contributed by atoms with E-state index in [-0.39, 0.29) is 11.4 Å². The highest BCUT2D eigenvalue weighted by molar-refractivity contribution is 5.69. The number of aromatic nitrogens is 1. The molecule has 0 saturated carbocycles. The molecule has 1 aromatic rings. The smallest absolute Gasteiger partial charge is 0.309 e. The van der Waals surface area contributed by atoms with E-state index in [0.717, 1.165) is 0 Å². The molecule has 4 nitrogen and oxygen atoms in total. The van der Waals surface area contributed by atoms with Crippen LogP contribution in [-0.2, 0) is 11.2 Å². The Morgan fingerprint density at radius 1 is 1.77 bits per heavy atom. The molecule has 1 heterocycles. The Kier molecular flexibility index (Phi) is 2.79. The molecule has 0 aliphatic heterocycles. The highest BCUT2D eigenvalue weighted by Crippen LogP contribution is 2.17. The lowest BCUT2D eigenvalue weighted by molar-refractivity contribution is -0.136. The molecule has 1 aromatic heterocycles. The third-order valence-corrected chi connectivity index (χ3v) is 1.46. The summed E-state index contributed by atoms with van der Waals surface area (Å²) in [7, 11) is 1.31. The fraction of sp³-hybridized carbons (Fsp3) is 0.250. The van der Waals surface area contributed by atoms with Gasteiger partial charge in [-0.15, -0.1) is 0 Å². The summed E-state index contributed by atoms with van der Waals surface area (Å²) in [5, 5.41) is 8.41. The van der Waals surface area contributed by atoms with Crippen LogP contribution < -0.4 is 4.74 Å². The molecule has 0 radical (unpaired) electrons. The van der Waals surface area contributed by atoms with Crippen molar-refractivity contribution >= 4 is 5.97 Å². The van der Waals surface area contributed by atoms with Crippen LogP contribution >= 0.6 is 0 Å². The van der Waals surface area contributed by atoms with E-state index in [4.69, 9.17) is 5.11 Å². The van der Waals surface area contributed by atoms with Crippen molar-refractivity contribution in [3.05, 3.63) is 23.8 Å². The number of hydrogen-bond donors (Lipinski definition) is 1. The maximum absolute atomic E-state index is 13.2. The fourth-order valence-corrected chi connectivity index (χ4v) is 0.891. The minimum absolute atomic E-state index is 0.00579. The van der Waals surface area contributed by atoms with Crippen LogP contribution in [0.1, 0.15) is 5.69 Å². The van der Waals surface area contributed by atoms with Gasteiger partial charge in [-0.25, -0.2) is 4.39 Å². The molecule has 0 atom stereocenters. The van der Waals surface area contributed by atoms with Crippen LogP contribution in [0.5, 0.6) is 5.75 Å². The Bertz CT molecular complexity index is 327. The molecule has 0 spiro atoms. The number of rotatable bonds is 3. The van der Waals surface area contributed by atoms with Gasteiger partial charge in [-0.05, 0) is 0 Å². The molecule has 70 valence electrons. The second-order valence-corrected chi connectivity index (χ2v) is 2.34. The van der Waals surface area contributed by atoms with Gasteiger partial charge in [-0.3, -0.25) is 9.78 Å². The summed E-state index contributed by atoms with van der Waals surface area (Å²) in [4.78, 5) is 13.9. The number of nitrogens with zero attached hydrogens (tertiary/aromatic N) is 1. The van der Waals surface area contributed by atoms with Crippen LogP contribution in [0.2, 0.25) is 0 Å². The van der Waals surface area contributed by atoms with E-state index < -0.39 is 18.2 Å². The third-order valence-electron chi connectivity index (χ3n) is 1.46. The predicted octanol–water partition coefficient (Wildman–Crippen LogP) is 0.856. The van der Waals surface area contributed by atoms with Gasteiger partial charge in [0.1, 0.15) is 0 Å². The van der Waals surface area contributed by atoms with Crippen molar-refractivity contribution in [3.63, 3.8) is 0 Å². The number of aliphatic carboxylic acids is 1. The lowest BCUT2D eigenvalue weighted by Gasteiger charge is -2.03. The van der Waals surface area contributed by atoms with Crippen molar-refractivity contribution in [2.24, 2.45) is 0 Å². The molecule has 5 heteroatoms. The van der Waals surface area contributed by atoms with Gasteiger partial charge in [0, 0.05) is 12.3 Å². The van der Waals surface area contributed by atoms with Crippen LogP contribution in [0.15, 0.2) is 12.3 Å². The van der Waals surface area contributed by atoms with Crippen molar-refractivity contribution in [1.82, 2.24) is 4.98 Å². The molecular formula is C8H8FNO3. The molecule has 1 rings (SSSR count). The van der Waals surface area contributed by atoms with E-state index in [1.807, 2.05) is 0 Å². The number of ether oxygens (including phenoxy) is 1. The molecule has 0 aliphatic carbocycles. The normalized spacial score (nSPS) is 9.69. The van der Waals surface area contributed by atoms with E-state index in [0.29, 0.717) is 0 Å². The van der Waals surface area contributed by atoms with Gasteiger partial charge in [0.25, 0.3) is 0 Å². The van der Waals surface area contributed by atoms with Gasteiger partial charge in [-0.2, -0.15) is 0 Å². The minimum Gasteiger partial charge on any atom is -0.494 e. The first-order valence-corrected chi connectivity index (χ1v) is 3.54. The first-order valence-electron chi connectivity index (χ1n) is 3.54. The molecule has 0 saturated heterocycles. The van der Waals surface area contributed by atoms with Crippen molar-refractivity contribution in [1.29, 1.82) is 0 Å². The fourth-order valence-electron chi connectivity index (χ4n) is 0.891. The number of methoxy groups -OCH3 is 1. The van der Waals surface area contributed by atoms with Crippen LogP contribution in [0.4, 0.5) is 4.39 Å². The second kappa shape index (κ2) is 3.84. The summed E-state index contributed by atoms with van der Waals surface area (Å²) in [6, 6.07) is 1.33. The average molecular weight is 185 g/mol. The zero-order valence-corrected chi connectivity index (χ0v) is 6.95. The van der Waals surface area contributed by atoms with Crippen molar-refractivity contribution in [2.45, 2.75) is 6.42 Å². The Hall–Kier alpha value is -1.65. The maximum atomic E-state index is 13.2. The maximum Gasteiger partial charge on any atom is 0.309 e. The highest BCUT2D eigenvalue weighted by atomic mass is 19.1. The van der Waals surface area contributed by atoms with Crippen LogP contribution in [0, 0.1) is 5.82 Å². The van der Waals surface area contributed by atoms with Crippen molar-refractivity contribution in [3.8, 4) is 5.75 Å². The third kappa shape index (κ3) is 2.14. The van der Waals surface area contributed by atoms with E-state index in [2.05, 4.69) is 9.72 Å². The second-order valence-electron chi connectivity index (χ2n) is 2.34. The Morgan fingerprint density at radius 3 is 3.00 bits per heavy atom.